The van der Waals surface area contributed by atoms with Gasteiger partial charge >= 0.3 is 0 Å². The molecule has 14 heteroatoms. The van der Waals surface area contributed by atoms with Crippen molar-refractivity contribution >= 4 is 28.9 Å². The van der Waals surface area contributed by atoms with Crippen molar-refractivity contribution in [3.05, 3.63) is 30.1 Å². The number of likely N-dealkylation sites (tertiary alicyclic amines) is 1. The first-order valence-electron chi connectivity index (χ1n) is 12.5. The van der Waals surface area contributed by atoms with Gasteiger partial charge in [0.15, 0.2) is 5.82 Å². The molecule has 4 rings (SSSR count). The van der Waals surface area contributed by atoms with Gasteiger partial charge < -0.3 is 16.0 Å². The number of piperidine rings is 1. The maximum absolute atomic E-state index is 12.6. The molecule has 3 aromatic heterocycles. The lowest BCUT2D eigenvalue weighted by Gasteiger charge is -2.31. The average molecular weight is 554 g/mol. The molecule has 0 radical (unpaired) electrons. The van der Waals surface area contributed by atoms with Crippen molar-refractivity contribution in [3.63, 3.8) is 0 Å². The lowest BCUT2D eigenvalue weighted by atomic mass is 10.1. The topological polar surface area (TPSA) is 126 Å². The molecule has 3 N–H and O–H groups in total. The number of fused-ring (bicyclic) bond motifs is 1. The molecule has 4 heterocycles. The number of hydrogen-bond acceptors (Lipinski definition) is 8. The van der Waals surface area contributed by atoms with Crippen molar-refractivity contribution in [1.82, 2.24) is 24.5 Å². The minimum Gasteiger partial charge on any atom is -0.368 e. The number of nitrogens with one attached hydrogen (secondary N) is 1. The van der Waals surface area contributed by atoms with Gasteiger partial charge in [-0.15, -0.1) is 5.10 Å². The quantitative estimate of drug-likeness (QED) is 0.306. The van der Waals surface area contributed by atoms with E-state index in [1.54, 1.807) is 11.6 Å². The van der Waals surface area contributed by atoms with Crippen LogP contribution in [0.15, 0.2) is 34.6 Å². The molecule has 3 aromatic rings. The Balaban J connectivity index is 0.000000276. The summed E-state index contributed by atoms with van der Waals surface area (Å²) in [5, 5.41) is 15.3. The zero-order valence-corrected chi connectivity index (χ0v) is 22.8. The number of nitrogen functional groups attached to an aromatic ring is 1. The highest BCUT2D eigenvalue weighted by Gasteiger charge is 2.35. The van der Waals surface area contributed by atoms with E-state index in [9.17, 15) is 22.4 Å². The number of amides is 1. The summed E-state index contributed by atoms with van der Waals surface area (Å²) in [6, 6.07) is 5.77. The number of rotatable bonds is 5. The number of alkyl halides is 4. The van der Waals surface area contributed by atoms with Crippen molar-refractivity contribution in [3.8, 4) is 11.3 Å². The van der Waals surface area contributed by atoms with E-state index >= 15 is 0 Å². The van der Waals surface area contributed by atoms with E-state index < -0.39 is 18.9 Å². The van der Waals surface area contributed by atoms with Gasteiger partial charge in [0, 0.05) is 51.7 Å². The first-order chi connectivity index (χ1) is 18.4. The molecule has 1 fully saturated rings. The normalized spacial score (nSPS) is 14.6. The number of carbonyl (C=O) groups is 1. The molecule has 0 bridgehead atoms. The third kappa shape index (κ3) is 9.14. The van der Waals surface area contributed by atoms with Gasteiger partial charge in [0.05, 0.1) is 17.9 Å². The first-order valence-corrected chi connectivity index (χ1v) is 12.5. The molecule has 0 aliphatic carbocycles. The number of carbonyl (C=O) groups excluding carboxylic acids is 1. The van der Waals surface area contributed by atoms with Gasteiger partial charge in [0.2, 0.25) is 18.3 Å². The fraction of sp³-hybridized carbons (Fsp3) is 0.520. The molecule has 1 saturated heterocycles. The Morgan fingerprint density at radius 3 is 2.44 bits per heavy atom. The molecule has 39 heavy (non-hydrogen) atoms. The van der Waals surface area contributed by atoms with Crippen LogP contribution < -0.4 is 11.1 Å². The molecular formula is C25H35F4N9O. The Morgan fingerprint density at radius 2 is 1.92 bits per heavy atom. The van der Waals surface area contributed by atoms with Gasteiger partial charge in [-0.3, -0.25) is 9.78 Å². The van der Waals surface area contributed by atoms with Crippen LogP contribution in [-0.4, -0.2) is 69.4 Å². The highest BCUT2D eigenvalue weighted by molar-refractivity contribution is 5.87. The largest absolute Gasteiger partial charge is 0.368 e. The second-order valence-electron chi connectivity index (χ2n) is 8.67. The van der Waals surface area contributed by atoms with Crippen LogP contribution in [0.1, 0.15) is 45.7 Å². The van der Waals surface area contributed by atoms with Gasteiger partial charge in [0.1, 0.15) is 11.2 Å². The molecule has 0 saturated carbocycles. The fourth-order valence-corrected chi connectivity index (χ4v) is 3.69. The van der Waals surface area contributed by atoms with E-state index in [1.807, 2.05) is 38.2 Å². The van der Waals surface area contributed by atoms with E-state index in [2.05, 4.69) is 30.6 Å². The summed E-state index contributed by atoms with van der Waals surface area (Å²) in [4.78, 5) is 20.8. The Hall–Kier alpha value is -3.84. The van der Waals surface area contributed by atoms with Gasteiger partial charge in [-0.1, -0.05) is 6.92 Å². The SMILES string of the molecule is CC(=O)N1CCCC(F)(F)C1.CCC(F)F.CCNc1nc(N)nn2ccc(-c3ccc(N=NC)c(C)n3)c12. The molecule has 0 aromatic carbocycles. The Labute approximate surface area is 224 Å². The molecule has 214 valence electrons. The summed E-state index contributed by atoms with van der Waals surface area (Å²) in [5.41, 5.74) is 9.94. The molecule has 0 spiro atoms. The van der Waals surface area contributed by atoms with Crippen LogP contribution in [0.25, 0.3) is 16.8 Å². The molecule has 10 nitrogen and oxygen atoms in total. The van der Waals surface area contributed by atoms with Crippen molar-refractivity contribution in [1.29, 1.82) is 0 Å². The minimum atomic E-state index is -2.66. The molecule has 1 aliphatic rings. The van der Waals surface area contributed by atoms with Gasteiger partial charge in [0.25, 0.3) is 5.92 Å². The number of aryl methyl sites for hydroxylation is 1. The van der Waals surface area contributed by atoms with E-state index in [-0.39, 0.29) is 24.7 Å². The Morgan fingerprint density at radius 1 is 1.23 bits per heavy atom. The third-order valence-corrected chi connectivity index (χ3v) is 5.56. The molecular weight excluding hydrogens is 518 g/mol. The van der Waals surface area contributed by atoms with Crippen LogP contribution in [-0.2, 0) is 4.79 Å². The molecule has 1 amide bonds. The number of hydrogen-bond donors (Lipinski definition) is 2. The first kappa shape index (κ1) is 31.4. The average Bonchev–Trinajstić information content (AvgIpc) is 3.29. The van der Waals surface area contributed by atoms with Crippen LogP contribution in [0.3, 0.4) is 0 Å². The number of halogens is 4. The maximum atomic E-state index is 12.6. The fourth-order valence-electron chi connectivity index (χ4n) is 3.69. The highest BCUT2D eigenvalue weighted by atomic mass is 19.3. The minimum absolute atomic E-state index is 0.0278. The summed E-state index contributed by atoms with van der Waals surface area (Å²) >= 11 is 0. The predicted molar refractivity (Wildman–Crippen MR) is 143 cm³/mol. The lowest BCUT2D eigenvalue weighted by Crippen LogP contribution is -2.44. The second-order valence-corrected chi connectivity index (χ2v) is 8.67. The standard InChI is InChI=1S/C15H18N8.C7H11F2NO.C3H6F2/c1-4-18-14-13-10(7-8-23(13)22-15(16)20-14)12-6-5-11(21-17-3)9(2)19-12;1-6(11)10-4-2-3-7(8,9)5-10;1-2-3(4)5/h5-8H,4H2,1-3H3,(H3,16,18,20,22);2-5H2,1H3;3H,2H2,1H3. The number of aromatic nitrogens is 4. The lowest BCUT2D eigenvalue weighted by molar-refractivity contribution is -0.139. The van der Waals surface area contributed by atoms with Crippen molar-refractivity contribution in [2.75, 3.05) is 37.7 Å². The zero-order chi connectivity index (χ0) is 29.2. The van der Waals surface area contributed by atoms with Gasteiger partial charge in [-0.05, 0) is 38.5 Å². The molecule has 0 unspecified atom stereocenters. The third-order valence-electron chi connectivity index (χ3n) is 5.56. The molecule has 0 atom stereocenters. The van der Waals surface area contributed by atoms with Crippen molar-refractivity contribution in [2.24, 2.45) is 10.2 Å². The number of anilines is 2. The smallest absolute Gasteiger partial charge is 0.265 e. The van der Waals surface area contributed by atoms with Crippen LogP contribution >= 0.6 is 0 Å². The van der Waals surface area contributed by atoms with Gasteiger partial charge in [-0.25, -0.2) is 22.1 Å². The van der Waals surface area contributed by atoms with Crippen LogP contribution in [0.4, 0.5) is 35.0 Å². The number of pyridine rings is 1. The second kappa shape index (κ2) is 14.4. The van der Waals surface area contributed by atoms with E-state index in [0.29, 0.717) is 18.8 Å². The Bertz CT molecular complexity index is 1260. The predicted octanol–water partition coefficient (Wildman–Crippen LogP) is 5.75. The van der Waals surface area contributed by atoms with Crippen LogP contribution in [0.5, 0.6) is 0 Å². The Kier molecular flexibility index (Phi) is 11.5. The zero-order valence-electron chi connectivity index (χ0n) is 22.8. The molecule has 1 aliphatic heterocycles. The van der Waals surface area contributed by atoms with E-state index in [1.165, 1.54) is 18.7 Å². The summed E-state index contributed by atoms with van der Waals surface area (Å²) in [6.07, 6.45) is 0.0267. The van der Waals surface area contributed by atoms with E-state index in [4.69, 9.17) is 5.73 Å². The van der Waals surface area contributed by atoms with Crippen LogP contribution in [0.2, 0.25) is 0 Å². The monoisotopic (exact) mass is 553 g/mol. The number of azo groups is 1. The highest BCUT2D eigenvalue weighted by Crippen LogP contribution is 2.31. The van der Waals surface area contributed by atoms with Crippen LogP contribution in [0, 0.1) is 6.92 Å². The number of nitrogens with two attached hydrogens (primary N) is 1. The summed E-state index contributed by atoms with van der Waals surface area (Å²) in [6.45, 7) is 7.49. The van der Waals surface area contributed by atoms with Crippen molar-refractivity contribution < 1.29 is 22.4 Å². The summed E-state index contributed by atoms with van der Waals surface area (Å²) in [5.74, 6) is -2.01. The van der Waals surface area contributed by atoms with E-state index in [0.717, 1.165) is 34.7 Å². The maximum Gasteiger partial charge on any atom is 0.265 e. The van der Waals surface area contributed by atoms with Crippen molar-refractivity contribution in [2.45, 2.75) is 59.3 Å². The summed E-state index contributed by atoms with van der Waals surface area (Å²) < 4.78 is 48.5. The van der Waals surface area contributed by atoms with Gasteiger partial charge in [-0.2, -0.15) is 15.2 Å². The summed E-state index contributed by atoms with van der Waals surface area (Å²) in [7, 11) is 1.64. The number of nitrogens with zero attached hydrogens (tertiary/aromatic N) is 7.